The van der Waals surface area contributed by atoms with Crippen molar-refractivity contribution >= 4 is 27.3 Å². The quantitative estimate of drug-likeness (QED) is 0.941. The fourth-order valence-corrected chi connectivity index (χ4v) is 2.71. The van der Waals surface area contributed by atoms with Gasteiger partial charge in [0.25, 0.3) is 0 Å². The molecule has 3 N–H and O–H groups in total. The topological polar surface area (TPSA) is 75.9 Å². The van der Waals surface area contributed by atoms with E-state index in [1.54, 1.807) is 30.3 Å². The van der Waals surface area contributed by atoms with Gasteiger partial charge in [-0.2, -0.15) is 0 Å². The Morgan fingerprint density at radius 3 is 2.37 bits per heavy atom. The van der Waals surface area contributed by atoms with Gasteiger partial charge in [0.15, 0.2) is 0 Å². The van der Waals surface area contributed by atoms with E-state index in [1.165, 1.54) is 18.2 Å². The second-order valence-electron chi connectivity index (χ2n) is 3.94. The first-order valence-corrected chi connectivity index (χ1v) is 7.45. The van der Waals surface area contributed by atoms with Crippen LogP contribution in [0.1, 0.15) is 5.56 Å². The predicted octanol–water partition coefficient (Wildman–Crippen LogP) is 2.48. The number of nitrogens with zero attached hydrogens (tertiary/aromatic N) is 1. The third kappa shape index (κ3) is 3.47. The second kappa shape index (κ2) is 5.61. The number of halogens is 1. The Hall–Kier alpha value is -1.56. The van der Waals surface area contributed by atoms with Crippen LogP contribution in [0, 0.1) is 0 Å². The lowest BCUT2D eigenvalue weighted by atomic mass is 10.2. The summed E-state index contributed by atoms with van der Waals surface area (Å²) in [6, 6.07) is 12.9. The molecule has 0 aliphatic carbocycles. The van der Waals surface area contributed by atoms with Crippen molar-refractivity contribution in [3.63, 3.8) is 0 Å². The largest absolute Gasteiger partial charge is 0.573 e. The van der Waals surface area contributed by atoms with Crippen LogP contribution in [0.2, 0.25) is 5.02 Å². The van der Waals surface area contributed by atoms with Gasteiger partial charge >= 0.3 is 0 Å². The van der Waals surface area contributed by atoms with Gasteiger partial charge in [-0.1, -0.05) is 41.9 Å². The van der Waals surface area contributed by atoms with E-state index in [4.69, 9.17) is 11.6 Å². The minimum absolute atomic E-state index is 0.157. The average Bonchev–Trinajstić information content (AvgIpc) is 2.38. The molecular weight excluding hydrogens is 284 g/mol. The molecule has 0 aliphatic rings. The van der Waals surface area contributed by atoms with Gasteiger partial charge < -0.3 is 10.5 Å². The summed E-state index contributed by atoms with van der Waals surface area (Å²) in [5.41, 5.74) is 5.03. The summed E-state index contributed by atoms with van der Waals surface area (Å²) < 4.78 is 27.9. The van der Waals surface area contributed by atoms with E-state index in [0.29, 0.717) is 17.3 Å². The summed E-state index contributed by atoms with van der Waals surface area (Å²) in [6.07, 6.45) is 0. The first kappa shape index (κ1) is 13.9. The van der Waals surface area contributed by atoms with E-state index in [9.17, 15) is 8.42 Å². The van der Waals surface area contributed by atoms with Gasteiger partial charge in [0.2, 0.25) is 0 Å². The van der Waals surface area contributed by atoms with Crippen molar-refractivity contribution in [3.8, 4) is 0 Å². The second-order valence-corrected chi connectivity index (χ2v) is 5.98. The van der Waals surface area contributed by atoms with Crippen LogP contribution in [-0.2, 0) is 16.6 Å². The van der Waals surface area contributed by atoms with Crippen molar-refractivity contribution < 1.29 is 14.2 Å². The van der Waals surface area contributed by atoms with Crippen LogP contribution in [0.4, 0.5) is 5.69 Å². The molecule has 0 atom stereocenters. The molecule has 2 rings (SSSR count). The Bertz CT molecular complexity index is 669. The number of hydrogen-bond donors (Lipinski definition) is 1. The highest BCUT2D eigenvalue weighted by atomic mass is 35.5. The van der Waals surface area contributed by atoms with Gasteiger partial charge in [-0.25, -0.2) is 8.42 Å². The minimum Gasteiger partial charge on any atom is -0.573 e. The summed E-state index contributed by atoms with van der Waals surface area (Å²) in [4.78, 5) is 0.157. The molecule has 0 saturated carbocycles. The molecule has 0 amide bonds. The molecule has 0 unspecified atom stereocenters. The number of sulfonamides is 1. The maximum Gasteiger partial charge on any atom is 0.123 e. The molecule has 2 aromatic carbocycles. The fraction of sp³-hybridized carbons (Fsp3) is 0.0769. The summed E-state index contributed by atoms with van der Waals surface area (Å²) >= 11 is 5.80. The summed E-state index contributed by atoms with van der Waals surface area (Å²) in [5.74, 6) is 0. The zero-order valence-electron chi connectivity index (χ0n) is 10.1. The van der Waals surface area contributed by atoms with Gasteiger partial charge in [-0.15, -0.1) is 5.69 Å². The molecule has 0 radical (unpaired) electrons. The van der Waals surface area contributed by atoms with E-state index in [0.717, 1.165) is 5.56 Å². The lowest BCUT2D eigenvalue weighted by Crippen LogP contribution is -2.47. The van der Waals surface area contributed by atoms with Crippen LogP contribution < -0.4 is 5.73 Å². The lowest BCUT2D eigenvalue weighted by molar-refractivity contribution is -0.386. The lowest BCUT2D eigenvalue weighted by Gasteiger charge is -2.22. The molecule has 19 heavy (non-hydrogen) atoms. The molecule has 0 aromatic heterocycles. The van der Waals surface area contributed by atoms with Gasteiger partial charge in [0, 0.05) is 10.6 Å². The van der Waals surface area contributed by atoms with Gasteiger partial charge in [-0.3, -0.25) is 0 Å². The maximum absolute atomic E-state index is 12.1. The molecule has 0 saturated heterocycles. The molecule has 2 aromatic rings. The molecule has 100 valence electrons. The van der Waals surface area contributed by atoms with Crippen LogP contribution in [0.25, 0.3) is 4.72 Å². The molecule has 6 heteroatoms. The van der Waals surface area contributed by atoms with E-state index < -0.39 is 10.0 Å². The van der Waals surface area contributed by atoms with E-state index in [2.05, 4.69) is 10.5 Å². The van der Waals surface area contributed by atoms with E-state index in [1.807, 2.05) is 0 Å². The monoisotopic (exact) mass is 296 g/mol. The Balaban J connectivity index is 2.27. The van der Waals surface area contributed by atoms with Crippen molar-refractivity contribution in [3.05, 3.63) is 63.8 Å². The van der Waals surface area contributed by atoms with Crippen LogP contribution in [0.5, 0.6) is 0 Å². The summed E-state index contributed by atoms with van der Waals surface area (Å²) in [6.45, 7) is 0.617. The smallest absolute Gasteiger partial charge is 0.123 e. The number of quaternary nitrogens is 1. The molecule has 0 bridgehead atoms. The highest BCUT2D eigenvalue weighted by Crippen LogP contribution is 2.29. The van der Waals surface area contributed by atoms with E-state index in [-0.39, 0.29) is 4.90 Å². The molecule has 0 fully saturated rings. The third-order valence-corrected chi connectivity index (χ3v) is 4.10. The normalized spacial score (nSPS) is 11.3. The Kier molecular flexibility index (Phi) is 4.09. The first-order valence-electron chi connectivity index (χ1n) is 5.63. The van der Waals surface area contributed by atoms with Crippen LogP contribution in [0.15, 0.2) is 53.4 Å². The zero-order valence-corrected chi connectivity index (χ0v) is 11.7. The standard InChI is InChI=1S/C13H12ClN2O2S/c14-11-2-1-3-12(8-11)16-19(17,18)13-6-4-10(9-15)5-7-13/h1-8H,9,15H2/q-1/p+1. The van der Waals surface area contributed by atoms with Gasteiger partial charge in [0.05, 0.1) is 11.4 Å². The average molecular weight is 297 g/mol. The summed E-state index contributed by atoms with van der Waals surface area (Å²) in [7, 11) is -3.71. The van der Waals surface area contributed by atoms with E-state index >= 15 is 0 Å². The van der Waals surface area contributed by atoms with Crippen molar-refractivity contribution in [2.24, 2.45) is 0 Å². The Labute approximate surface area is 117 Å². The summed E-state index contributed by atoms with van der Waals surface area (Å²) in [5, 5.41) is 0.448. The Morgan fingerprint density at radius 1 is 1.11 bits per heavy atom. The van der Waals surface area contributed by atoms with Crippen LogP contribution in [0.3, 0.4) is 0 Å². The van der Waals surface area contributed by atoms with Crippen LogP contribution in [-0.4, -0.2) is 8.42 Å². The Morgan fingerprint density at radius 2 is 1.79 bits per heavy atom. The third-order valence-electron chi connectivity index (χ3n) is 2.54. The first-order chi connectivity index (χ1) is 9.01. The van der Waals surface area contributed by atoms with Gasteiger partial charge in [-0.05, 0) is 18.2 Å². The number of benzene rings is 2. The van der Waals surface area contributed by atoms with Crippen molar-refractivity contribution in [1.29, 1.82) is 0 Å². The SMILES string of the molecule is [NH3+]Cc1ccc(S(=O)(=O)[N-]c2cccc(Cl)c2)cc1. The predicted molar refractivity (Wildman–Crippen MR) is 74.7 cm³/mol. The van der Waals surface area contributed by atoms with Gasteiger partial charge in [0.1, 0.15) is 10.0 Å². The number of rotatable bonds is 4. The fourth-order valence-electron chi connectivity index (χ4n) is 1.55. The van der Waals surface area contributed by atoms with Crippen molar-refractivity contribution in [1.82, 2.24) is 0 Å². The molecule has 0 spiro atoms. The maximum atomic E-state index is 12.1. The number of hydrogen-bond acceptors (Lipinski definition) is 2. The molecule has 0 heterocycles. The van der Waals surface area contributed by atoms with Crippen LogP contribution >= 0.6 is 11.6 Å². The highest BCUT2D eigenvalue weighted by Gasteiger charge is 2.05. The molecule has 4 nitrogen and oxygen atoms in total. The zero-order chi connectivity index (χ0) is 13.9. The molecular formula is C13H13ClN2O2S. The highest BCUT2D eigenvalue weighted by molar-refractivity contribution is 7.94. The van der Waals surface area contributed by atoms with Crippen molar-refractivity contribution in [2.45, 2.75) is 11.4 Å². The molecule has 0 aliphatic heterocycles. The van der Waals surface area contributed by atoms with Crippen molar-refractivity contribution in [2.75, 3.05) is 0 Å². The minimum atomic E-state index is -3.71.